The molecule has 3 heteroatoms. The minimum absolute atomic E-state index is 0.0388. The molecule has 0 aromatic rings. The van der Waals surface area contributed by atoms with Crippen molar-refractivity contribution in [3.8, 4) is 0 Å². The molecule has 0 aliphatic heterocycles. The summed E-state index contributed by atoms with van der Waals surface area (Å²) in [6, 6.07) is 0. The molecule has 0 amide bonds. The fourth-order valence-corrected chi connectivity index (χ4v) is 2.96. The third-order valence-electron chi connectivity index (χ3n) is 1.76. The first-order chi connectivity index (χ1) is 6.31. The van der Waals surface area contributed by atoms with Crippen LogP contribution in [0.1, 0.15) is 33.1 Å². The molecule has 0 N–H and O–H groups in total. The number of rotatable bonds is 9. The maximum atomic E-state index is 5.39. The quantitative estimate of drug-likeness (QED) is 0.357. The molecule has 0 saturated heterocycles. The van der Waals surface area contributed by atoms with E-state index < -0.39 is 0 Å². The summed E-state index contributed by atoms with van der Waals surface area (Å²) in [7, 11) is 1.68. The average molecular weight is 253 g/mol. The topological polar surface area (TPSA) is 18.5 Å². The van der Waals surface area contributed by atoms with Crippen molar-refractivity contribution in [1.29, 1.82) is 0 Å². The number of unbranched alkanes of at least 4 members (excludes halogenated alkanes) is 1. The van der Waals surface area contributed by atoms with Crippen LogP contribution in [0.2, 0.25) is 10.6 Å². The van der Waals surface area contributed by atoms with Crippen LogP contribution in [0.25, 0.3) is 0 Å². The van der Waals surface area contributed by atoms with Crippen LogP contribution < -0.4 is 0 Å². The van der Waals surface area contributed by atoms with Gasteiger partial charge in [-0.3, -0.25) is 0 Å². The molecular weight excluding hydrogens is 231 g/mol. The first kappa shape index (κ1) is 13.4. The van der Waals surface area contributed by atoms with E-state index in [9.17, 15) is 0 Å². The van der Waals surface area contributed by atoms with Crippen molar-refractivity contribution in [1.82, 2.24) is 0 Å². The van der Waals surface area contributed by atoms with Crippen LogP contribution in [0.3, 0.4) is 0 Å². The van der Waals surface area contributed by atoms with Crippen molar-refractivity contribution >= 4 is 15.0 Å². The Balaban J connectivity index is 2.91. The third kappa shape index (κ3) is 10.4. The zero-order valence-corrected chi connectivity index (χ0v) is 10.8. The van der Waals surface area contributed by atoms with E-state index in [4.69, 9.17) is 9.47 Å². The Morgan fingerprint density at radius 2 is 1.92 bits per heavy atom. The van der Waals surface area contributed by atoms with Crippen LogP contribution in [-0.4, -0.2) is 35.0 Å². The fraction of sp³-hybridized carbons (Fsp3) is 1.00. The Bertz CT molecular complexity index is 98.9. The van der Waals surface area contributed by atoms with Crippen LogP contribution in [0.4, 0.5) is 0 Å². The molecule has 1 unspecified atom stereocenters. The van der Waals surface area contributed by atoms with Crippen molar-refractivity contribution in [2.24, 2.45) is 0 Å². The average Bonchev–Trinajstić information content (AvgIpc) is 2.16. The number of methoxy groups -OCH3 is 1. The van der Waals surface area contributed by atoms with Gasteiger partial charge in [-0.2, -0.15) is 0 Å². The molecule has 80 valence electrons. The normalized spacial score (nSPS) is 13.2. The summed E-state index contributed by atoms with van der Waals surface area (Å²) in [5.74, 6) is 0. The van der Waals surface area contributed by atoms with Gasteiger partial charge in [-0.25, -0.2) is 0 Å². The van der Waals surface area contributed by atoms with Crippen LogP contribution in [0.5, 0.6) is 0 Å². The molecule has 13 heavy (non-hydrogen) atoms. The predicted molar refractivity (Wildman–Crippen MR) is 57.3 cm³/mol. The van der Waals surface area contributed by atoms with Gasteiger partial charge in [0.2, 0.25) is 0 Å². The second-order valence-electron chi connectivity index (χ2n) is 2.99. The second-order valence-corrected chi connectivity index (χ2v) is 5.56. The number of ether oxygens (including phenoxy) is 2. The summed E-state index contributed by atoms with van der Waals surface area (Å²) < 4.78 is 10.4. The molecular formula is C10H22O2Se. The third-order valence-corrected chi connectivity index (χ3v) is 4.18. The van der Waals surface area contributed by atoms with Gasteiger partial charge < -0.3 is 0 Å². The van der Waals surface area contributed by atoms with E-state index >= 15 is 0 Å². The van der Waals surface area contributed by atoms with Gasteiger partial charge in [0.25, 0.3) is 0 Å². The predicted octanol–water partition coefficient (Wildman–Crippen LogP) is 2.73. The van der Waals surface area contributed by atoms with Crippen LogP contribution >= 0.6 is 0 Å². The Morgan fingerprint density at radius 1 is 1.23 bits per heavy atom. The second kappa shape index (κ2) is 10.5. The van der Waals surface area contributed by atoms with Gasteiger partial charge in [0.05, 0.1) is 0 Å². The van der Waals surface area contributed by atoms with Gasteiger partial charge in [-0.15, -0.1) is 0 Å². The Morgan fingerprint density at radius 3 is 2.54 bits per heavy atom. The van der Waals surface area contributed by atoms with Crippen LogP contribution in [0.15, 0.2) is 0 Å². The van der Waals surface area contributed by atoms with E-state index in [0.717, 1.165) is 21.6 Å². The summed E-state index contributed by atoms with van der Waals surface area (Å²) in [6.07, 6.45) is 3.88. The summed E-state index contributed by atoms with van der Waals surface area (Å²) in [5.41, 5.74) is 0. The van der Waals surface area contributed by atoms with Gasteiger partial charge in [-0.1, -0.05) is 0 Å². The summed E-state index contributed by atoms with van der Waals surface area (Å²) in [5, 5.41) is 2.78. The van der Waals surface area contributed by atoms with Gasteiger partial charge in [-0.05, 0) is 0 Å². The van der Waals surface area contributed by atoms with E-state index in [1.54, 1.807) is 7.11 Å². The van der Waals surface area contributed by atoms with Crippen molar-refractivity contribution in [2.45, 2.75) is 50.0 Å². The maximum absolute atomic E-state index is 5.39. The van der Waals surface area contributed by atoms with Crippen LogP contribution in [-0.2, 0) is 9.47 Å². The number of hydrogen-bond donors (Lipinski definition) is 0. The molecule has 0 fully saturated rings. The van der Waals surface area contributed by atoms with Crippen molar-refractivity contribution in [3.63, 3.8) is 0 Å². The van der Waals surface area contributed by atoms with E-state index in [1.165, 1.54) is 29.9 Å². The van der Waals surface area contributed by atoms with Gasteiger partial charge >= 0.3 is 88.2 Å². The monoisotopic (exact) mass is 254 g/mol. The first-order valence-electron chi connectivity index (χ1n) is 5.03. The number of hydrogen-bond acceptors (Lipinski definition) is 2. The molecule has 0 rings (SSSR count). The molecule has 0 aromatic heterocycles. The molecule has 2 nitrogen and oxygen atoms in total. The van der Waals surface area contributed by atoms with Crippen molar-refractivity contribution < 1.29 is 9.47 Å². The van der Waals surface area contributed by atoms with Crippen molar-refractivity contribution in [2.75, 3.05) is 13.7 Å². The zero-order chi connectivity index (χ0) is 9.94. The molecule has 1 atom stereocenters. The van der Waals surface area contributed by atoms with E-state index in [0.29, 0.717) is 0 Å². The van der Waals surface area contributed by atoms with Crippen LogP contribution in [0, 0.1) is 0 Å². The van der Waals surface area contributed by atoms with E-state index in [1.807, 2.05) is 6.92 Å². The molecule has 0 aromatic carbocycles. The standard InChI is InChI=1S/C10H22O2Se/c1-4-5-8-13-9-6-7-12-10(2)11-3/h10H,4-9H2,1-3H3. The molecule has 0 radical (unpaired) electrons. The summed E-state index contributed by atoms with van der Waals surface area (Å²) in [4.78, 5) is 0. The molecule has 0 spiro atoms. The molecule has 0 aliphatic carbocycles. The SMILES string of the molecule is CCCC[Se]CCCOC(C)OC. The fourth-order valence-electron chi connectivity index (χ4n) is 0.827. The molecule has 0 aliphatic rings. The Kier molecular flexibility index (Phi) is 10.9. The van der Waals surface area contributed by atoms with E-state index in [2.05, 4.69) is 6.92 Å². The first-order valence-corrected chi connectivity index (χ1v) is 7.45. The summed E-state index contributed by atoms with van der Waals surface area (Å²) >= 11 is 0.843. The molecule has 0 saturated carbocycles. The summed E-state index contributed by atoms with van der Waals surface area (Å²) in [6.45, 7) is 5.03. The zero-order valence-electron chi connectivity index (χ0n) is 9.04. The Hall–Kier alpha value is 0.439. The van der Waals surface area contributed by atoms with Gasteiger partial charge in [0.15, 0.2) is 0 Å². The van der Waals surface area contributed by atoms with Gasteiger partial charge in [0.1, 0.15) is 0 Å². The van der Waals surface area contributed by atoms with Crippen molar-refractivity contribution in [3.05, 3.63) is 0 Å². The Labute approximate surface area is 88.5 Å². The molecule has 0 bridgehead atoms. The minimum atomic E-state index is -0.0388. The van der Waals surface area contributed by atoms with E-state index in [-0.39, 0.29) is 6.29 Å². The van der Waals surface area contributed by atoms with Gasteiger partial charge in [0, 0.05) is 0 Å². The molecule has 0 heterocycles.